The highest BCUT2D eigenvalue weighted by Gasteiger charge is 2.39. The third kappa shape index (κ3) is 4.66. The lowest BCUT2D eigenvalue weighted by atomic mass is 10.0. The highest BCUT2D eigenvalue weighted by atomic mass is 79.9. The summed E-state index contributed by atoms with van der Waals surface area (Å²) in [5.74, 6) is 0.305. The van der Waals surface area contributed by atoms with Crippen LogP contribution in [0.1, 0.15) is 31.2 Å². The molecule has 1 aromatic carbocycles. The maximum atomic E-state index is 14.1. The number of amides is 2. The van der Waals surface area contributed by atoms with E-state index >= 15 is 0 Å². The molecule has 1 saturated carbocycles. The molecule has 0 radical (unpaired) electrons. The Hall–Kier alpha value is -2.42. The number of hydrogen-bond donors (Lipinski definition) is 1. The van der Waals surface area contributed by atoms with E-state index in [4.69, 9.17) is 0 Å². The third-order valence-corrected chi connectivity index (χ3v) is 6.19. The summed E-state index contributed by atoms with van der Waals surface area (Å²) in [7, 11) is 1.67. The van der Waals surface area contributed by atoms with Gasteiger partial charge in [0, 0.05) is 49.0 Å². The van der Waals surface area contributed by atoms with Gasteiger partial charge in [0.25, 0.3) is 0 Å². The van der Waals surface area contributed by atoms with Gasteiger partial charge in [-0.15, -0.1) is 0 Å². The van der Waals surface area contributed by atoms with Gasteiger partial charge in [0.15, 0.2) is 0 Å². The van der Waals surface area contributed by atoms with Crippen LogP contribution in [0.4, 0.5) is 15.0 Å². The number of urea groups is 1. The second-order valence-corrected chi connectivity index (χ2v) is 8.87. The van der Waals surface area contributed by atoms with Crippen molar-refractivity contribution < 1.29 is 9.18 Å². The normalized spacial score (nSPS) is 18.9. The van der Waals surface area contributed by atoms with Crippen molar-refractivity contribution in [3.63, 3.8) is 0 Å². The van der Waals surface area contributed by atoms with Crippen molar-refractivity contribution in [2.45, 2.75) is 44.3 Å². The molecule has 30 heavy (non-hydrogen) atoms. The molecule has 2 heterocycles. The van der Waals surface area contributed by atoms with Gasteiger partial charge in [-0.2, -0.15) is 4.98 Å². The Balaban J connectivity index is 1.44. The summed E-state index contributed by atoms with van der Waals surface area (Å²) in [6, 6.07) is 6.76. The highest BCUT2D eigenvalue weighted by molar-refractivity contribution is 9.10. The molecule has 1 aromatic heterocycles. The summed E-state index contributed by atoms with van der Waals surface area (Å²) < 4.78 is 16.2. The second kappa shape index (κ2) is 8.75. The summed E-state index contributed by atoms with van der Waals surface area (Å²) >= 11 is 3.25. The van der Waals surface area contributed by atoms with Crippen LogP contribution in [0.5, 0.6) is 0 Å². The summed E-state index contributed by atoms with van der Waals surface area (Å²) in [5.41, 5.74) is 0.167. The van der Waals surface area contributed by atoms with E-state index in [-0.39, 0.29) is 36.2 Å². The number of carbonyl (C=O) groups is 1. The molecule has 2 aliphatic rings. The molecular weight excluding hydrogens is 453 g/mol. The molecular formula is C21H25BrFN5O2. The Labute approximate surface area is 183 Å². The zero-order valence-electron chi connectivity index (χ0n) is 16.9. The van der Waals surface area contributed by atoms with Crippen LogP contribution in [0.3, 0.4) is 0 Å². The van der Waals surface area contributed by atoms with E-state index in [1.165, 1.54) is 10.6 Å². The fourth-order valence-corrected chi connectivity index (χ4v) is 4.27. The van der Waals surface area contributed by atoms with Crippen LogP contribution in [0, 0.1) is 5.82 Å². The Kier molecular flexibility index (Phi) is 6.08. The standard InChI is InChI=1S/C21H25BrFN5O2/c1-26-10-8-19(25-21(26)30)27-9-2-3-17(13-27)28(16-6-7-16)20(29)24-12-14-4-5-15(22)11-18(14)23/h4-5,8,10-11,16-17H,2-3,6-7,9,12-13H2,1H3,(H,24,29)/t17-/m1/s1. The van der Waals surface area contributed by atoms with E-state index in [1.807, 2.05) is 11.0 Å². The van der Waals surface area contributed by atoms with Crippen molar-refractivity contribution in [1.82, 2.24) is 19.8 Å². The number of hydrogen-bond acceptors (Lipinski definition) is 4. The molecule has 1 aliphatic heterocycles. The first kappa shape index (κ1) is 20.8. The fraction of sp³-hybridized carbons (Fsp3) is 0.476. The molecule has 1 atom stereocenters. The van der Waals surface area contributed by atoms with Gasteiger partial charge in [0.1, 0.15) is 11.6 Å². The highest BCUT2D eigenvalue weighted by Crippen LogP contribution is 2.32. The number of carbonyl (C=O) groups excluding carboxylic acids is 1. The summed E-state index contributed by atoms with van der Waals surface area (Å²) in [5, 5.41) is 2.89. The van der Waals surface area contributed by atoms with Crippen LogP contribution in [0.15, 0.2) is 39.7 Å². The largest absolute Gasteiger partial charge is 0.354 e. The Morgan fingerprint density at radius 1 is 1.30 bits per heavy atom. The number of anilines is 1. The maximum absolute atomic E-state index is 14.1. The quantitative estimate of drug-likeness (QED) is 0.718. The minimum absolute atomic E-state index is 0.0341. The average molecular weight is 478 g/mol. The van der Waals surface area contributed by atoms with Crippen LogP contribution >= 0.6 is 15.9 Å². The average Bonchev–Trinajstić information content (AvgIpc) is 3.55. The maximum Gasteiger partial charge on any atom is 0.349 e. The predicted octanol–water partition coefficient (Wildman–Crippen LogP) is 3.02. The van der Waals surface area contributed by atoms with E-state index in [2.05, 4.69) is 31.1 Å². The van der Waals surface area contributed by atoms with Crippen LogP contribution in [0.2, 0.25) is 0 Å². The minimum atomic E-state index is -0.344. The van der Waals surface area contributed by atoms with Gasteiger partial charge >= 0.3 is 11.7 Å². The number of piperidine rings is 1. The van der Waals surface area contributed by atoms with Crippen molar-refractivity contribution in [3.05, 3.63) is 56.8 Å². The van der Waals surface area contributed by atoms with Gasteiger partial charge in [-0.3, -0.25) is 0 Å². The Morgan fingerprint density at radius 2 is 2.10 bits per heavy atom. The number of benzene rings is 1. The van der Waals surface area contributed by atoms with Gasteiger partial charge in [-0.1, -0.05) is 22.0 Å². The molecule has 1 aliphatic carbocycles. The second-order valence-electron chi connectivity index (χ2n) is 7.95. The zero-order chi connectivity index (χ0) is 21.3. The number of aryl methyl sites for hydroxylation is 1. The predicted molar refractivity (Wildman–Crippen MR) is 116 cm³/mol. The van der Waals surface area contributed by atoms with E-state index in [9.17, 15) is 14.0 Å². The lowest BCUT2D eigenvalue weighted by Crippen LogP contribution is -2.54. The van der Waals surface area contributed by atoms with Crippen molar-refractivity contribution in [2.75, 3.05) is 18.0 Å². The monoisotopic (exact) mass is 477 g/mol. The van der Waals surface area contributed by atoms with Crippen molar-refractivity contribution in [3.8, 4) is 0 Å². The SMILES string of the molecule is Cn1ccc(N2CCC[C@@H](N(C(=O)NCc3ccc(Br)cc3F)C3CC3)C2)nc1=O. The van der Waals surface area contributed by atoms with Crippen LogP contribution in [0.25, 0.3) is 0 Å². The van der Waals surface area contributed by atoms with E-state index in [0.717, 1.165) is 32.2 Å². The van der Waals surface area contributed by atoms with Crippen LogP contribution in [-0.4, -0.2) is 45.7 Å². The lowest BCUT2D eigenvalue weighted by molar-refractivity contribution is 0.160. The van der Waals surface area contributed by atoms with Gasteiger partial charge in [-0.05, 0) is 43.9 Å². The van der Waals surface area contributed by atoms with Crippen LogP contribution in [-0.2, 0) is 13.6 Å². The number of rotatable bonds is 5. The molecule has 2 amide bonds. The molecule has 160 valence electrons. The number of nitrogens with one attached hydrogen (secondary N) is 1. The molecule has 1 saturated heterocycles. The van der Waals surface area contributed by atoms with E-state index < -0.39 is 0 Å². The van der Waals surface area contributed by atoms with Gasteiger partial charge < -0.3 is 19.7 Å². The smallest absolute Gasteiger partial charge is 0.349 e. The zero-order valence-corrected chi connectivity index (χ0v) is 18.4. The summed E-state index contributed by atoms with van der Waals surface area (Å²) in [4.78, 5) is 33.1. The summed E-state index contributed by atoms with van der Waals surface area (Å²) in [6.07, 6.45) is 5.51. The first-order valence-corrected chi connectivity index (χ1v) is 11.0. The third-order valence-electron chi connectivity index (χ3n) is 5.69. The topological polar surface area (TPSA) is 70.5 Å². The molecule has 2 fully saturated rings. The fourth-order valence-electron chi connectivity index (χ4n) is 3.93. The molecule has 1 N–H and O–H groups in total. The first-order chi connectivity index (χ1) is 14.4. The van der Waals surface area contributed by atoms with Crippen LogP contribution < -0.4 is 15.9 Å². The molecule has 9 heteroatoms. The Morgan fingerprint density at radius 3 is 2.80 bits per heavy atom. The Bertz CT molecular complexity index is 994. The first-order valence-electron chi connectivity index (χ1n) is 10.2. The molecule has 7 nitrogen and oxygen atoms in total. The van der Waals surface area contributed by atoms with Crippen molar-refractivity contribution >= 4 is 27.8 Å². The number of aromatic nitrogens is 2. The van der Waals surface area contributed by atoms with E-state index in [1.54, 1.807) is 25.4 Å². The lowest BCUT2D eigenvalue weighted by Gasteiger charge is -2.40. The number of nitrogens with zero attached hydrogens (tertiary/aromatic N) is 4. The van der Waals surface area contributed by atoms with Gasteiger partial charge in [-0.25, -0.2) is 14.0 Å². The molecule has 4 rings (SSSR count). The number of halogens is 2. The van der Waals surface area contributed by atoms with Crippen molar-refractivity contribution in [1.29, 1.82) is 0 Å². The molecule has 2 aromatic rings. The molecule has 0 bridgehead atoms. The summed E-state index contributed by atoms with van der Waals surface area (Å²) in [6.45, 7) is 1.59. The van der Waals surface area contributed by atoms with Crippen molar-refractivity contribution in [2.24, 2.45) is 7.05 Å². The molecule has 0 unspecified atom stereocenters. The van der Waals surface area contributed by atoms with E-state index in [0.29, 0.717) is 22.4 Å². The van der Waals surface area contributed by atoms with Gasteiger partial charge in [0.2, 0.25) is 0 Å². The molecule has 0 spiro atoms. The van der Waals surface area contributed by atoms with Gasteiger partial charge in [0.05, 0.1) is 6.04 Å². The minimum Gasteiger partial charge on any atom is -0.354 e.